The zero-order chi connectivity index (χ0) is 18.8. The van der Waals surface area contributed by atoms with Crippen LogP contribution in [0.1, 0.15) is 11.8 Å². The van der Waals surface area contributed by atoms with E-state index in [1.807, 2.05) is 11.0 Å². The van der Waals surface area contributed by atoms with Crippen LogP contribution in [0.2, 0.25) is 0 Å². The molecule has 4 nitrogen and oxygen atoms in total. The lowest BCUT2D eigenvalue weighted by molar-refractivity contribution is -0.139. The van der Waals surface area contributed by atoms with E-state index in [1.165, 1.54) is 10.9 Å². The molecule has 0 saturated carbocycles. The molecule has 29 heavy (non-hydrogen) atoms. The van der Waals surface area contributed by atoms with Crippen molar-refractivity contribution in [3.05, 3.63) is 47.1 Å². The molecule has 2 aliphatic heterocycles. The third-order valence-corrected chi connectivity index (χ3v) is 6.86. The minimum Gasteiger partial charge on any atom is -0.340 e. The molecule has 1 atom stereocenters. The molecule has 1 amide bonds. The van der Waals surface area contributed by atoms with E-state index in [2.05, 4.69) is 29.3 Å². The summed E-state index contributed by atoms with van der Waals surface area (Å²) in [7, 11) is 0. The van der Waals surface area contributed by atoms with E-state index in [0.29, 0.717) is 11.8 Å². The van der Waals surface area contributed by atoms with Gasteiger partial charge in [0.15, 0.2) is 0 Å². The number of carbonyl (C=O) groups excluding carboxylic acids is 1. The van der Waals surface area contributed by atoms with Crippen LogP contribution in [0.4, 0.5) is 4.39 Å². The lowest BCUT2D eigenvalue weighted by Gasteiger charge is -2.39. The van der Waals surface area contributed by atoms with Crippen molar-refractivity contribution in [2.24, 2.45) is 11.8 Å². The average Bonchev–Trinajstić information content (AvgIpc) is 3.09. The second-order valence-corrected chi connectivity index (χ2v) is 8.75. The van der Waals surface area contributed by atoms with Crippen LogP contribution in [0.15, 0.2) is 36.4 Å². The second-order valence-electron chi connectivity index (χ2n) is 7.58. The number of halogens is 3. The van der Waals surface area contributed by atoms with Crippen LogP contribution in [0.3, 0.4) is 0 Å². The van der Waals surface area contributed by atoms with E-state index in [1.54, 1.807) is 23.5 Å². The van der Waals surface area contributed by atoms with Crippen LogP contribution >= 0.6 is 36.2 Å². The molecule has 0 bridgehead atoms. The van der Waals surface area contributed by atoms with E-state index in [9.17, 15) is 9.18 Å². The fraction of sp³-hybridized carbons (Fsp3) is 0.476. The van der Waals surface area contributed by atoms with Crippen LogP contribution in [-0.2, 0) is 11.3 Å². The zero-order valence-electron chi connectivity index (χ0n) is 16.5. The number of nitrogens with one attached hydrogen (secondary N) is 1. The number of rotatable bonds is 5. The van der Waals surface area contributed by atoms with Crippen LogP contribution in [0.5, 0.6) is 0 Å². The number of thiophene rings is 1. The molecule has 2 aromatic rings. The minimum atomic E-state index is -0.199. The number of hydrogen-bond donors (Lipinski definition) is 1. The Morgan fingerprint density at radius 1 is 1.17 bits per heavy atom. The summed E-state index contributed by atoms with van der Waals surface area (Å²) in [5.74, 6) is 0.743. The van der Waals surface area contributed by atoms with Gasteiger partial charge in [-0.15, -0.1) is 36.2 Å². The molecule has 0 spiro atoms. The van der Waals surface area contributed by atoms with Crippen molar-refractivity contribution in [3.8, 4) is 10.4 Å². The maximum atomic E-state index is 13.4. The van der Waals surface area contributed by atoms with Crippen LogP contribution in [0, 0.1) is 17.7 Å². The minimum absolute atomic E-state index is 0. The largest absolute Gasteiger partial charge is 0.340 e. The third-order valence-electron chi connectivity index (χ3n) is 5.74. The zero-order valence-corrected chi connectivity index (χ0v) is 18.9. The highest BCUT2D eigenvalue weighted by Crippen LogP contribution is 2.29. The van der Waals surface area contributed by atoms with E-state index >= 15 is 0 Å². The summed E-state index contributed by atoms with van der Waals surface area (Å²) in [5, 5.41) is 3.25. The first kappa shape index (κ1) is 24.1. The Bertz CT molecular complexity index is 807. The molecule has 0 aliphatic carbocycles. The topological polar surface area (TPSA) is 35.6 Å². The Kier molecular flexibility index (Phi) is 8.91. The van der Waals surface area contributed by atoms with Crippen molar-refractivity contribution in [2.75, 3.05) is 39.3 Å². The number of nitrogens with zero attached hydrogens (tertiary/aromatic N) is 2. The SMILES string of the molecule is CC(C(=O)N1CCN(Cc2ccc(-c3cccc(F)c3)s2)CC1)C1CNC1.Cl.Cl. The van der Waals surface area contributed by atoms with Gasteiger partial charge in [0.1, 0.15) is 5.82 Å². The van der Waals surface area contributed by atoms with Gasteiger partial charge in [-0.3, -0.25) is 9.69 Å². The predicted octanol–water partition coefficient (Wildman–Crippen LogP) is 3.90. The second kappa shape index (κ2) is 10.7. The first-order valence-corrected chi connectivity index (χ1v) is 10.5. The number of benzene rings is 1. The Morgan fingerprint density at radius 3 is 2.52 bits per heavy atom. The average molecular weight is 460 g/mol. The molecule has 8 heteroatoms. The summed E-state index contributed by atoms with van der Waals surface area (Å²) in [4.78, 5) is 19.5. The maximum Gasteiger partial charge on any atom is 0.225 e. The highest BCUT2D eigenvalue weighted by molar-refractivity contribution is 7.15. The monoisotopic (exact) mass is 459 g/mol. The molecule has 1 aromatic carbocycles. The van der Waals surface area contributed by atoms with Gasteiger partial charge in [0, 0.05) is 48.4 Å². The molecule has 3 heterocycles. The van der Waals surface area contributed by atoms with Crippen molar-refractivity contribution in [3.63, 3.8) is 0 Å². The lowest BCUT2D eigenvalue weighted by Crippen LogP contribution is -2.54. The predicted molar refractivity (Wildman–Crippen MR) is 122 cm³/mol. The quantitative estimate of drug-likeness (QED) is 0.736. The summed E-state index contributed by atoms with van der Waals surface area (Å²) in [6, 6.07) is 11.0. The van der Waals surface area contributed by atoms with Crippen LogP contribution < -0.4 is 5.32 Å². The smallest absolute Gasteiger partial charge is 0.225 e. The Balaban J connectivity index is 0.00000150. The van der Waals surface area contributed by atoms with Gasteiger partial charge in [0.05, 0.1) is 0 Å². The summed E-state index contributed by atoms with van der Waals surface area (Å²) >= 11 is 1.72. The van der Waals surface area contributed by atoms with E-state index < -0.39 is 0 Å². The van der Waals surface area contributed by atoms with Gasteiger partial charge < -0.3 is 10.2 Å². The van der Waals surface area contributed by atoms with Gasteiger partial charge >= 0.3 is 0 Å². The summed E-state index contributed by atoms with van der Waals surface area (Å²) in [5.41, 5.74) is 0.932. The van der Waals surface area contributed by atoms with Crippen LogP contribution in [-0.4, -0.2) is 55.0 Å². The van der Waals surface area contributed by atoms with Crippen molar-refractivity contribution in [1.29, 1.82) is 0 Å². The molecule has 1 aromatic heterocycles. The Labute approximate surface area is 188 Å². The molecule has 2 aliphatic rings. The summed E-state index contributed by atoms with van der Waals surface area (Å²) in [6.07, 6.45) is 0. The van der Waals surface area contributed by atoms with Gasteiger partial charge in [-0.2, -0.15) is 0 Å². The van der Waals surface area contributed by atoms with E-state index in [-0.39, 0.29) is 36.5 Å². The Morgan fingerprint density at radius 2 is 1.90 bits per heavy atom. The van der Waals surface area contributed by atoms with Crippen molar-refractivity contribution >= 4 is 42.1 Å². The molecular weight excluding hydrogens is 432 g/mol. The van der Waals surface area contributed by atoms with Crippen molar-refractivity contribution in [1.82, 2.24) is 15.1 Å². The summed E-state index contributed by atoms with van der Waals surface area (Å²) in [6.45, 7) is 8.35. The van der Waals surface area contributed by atoms with Gasteiger partial charge in [0.25, 0.3) is 0 Å². The van der Waals surface area contributed by atoms with Gasteiger partial charge in [0.2, 0.25) is 5.91 Å². The fourth-order valence-corrected chi connectivity index (χ4v) is 4.81. The third kappa shape index (κ3) is 5.70. The number of hydrogen-bond acceptors (Lipinski definition) is 4. The molecule has 2 saturated heterocycles. The number of piperazine rings is 1. The fourth-order valence-electron chi connectivity index (χ4n) is 3.76. The number of amides is 1. The molecule has 1 unspecified atom stereocenters. The molecule has 160 valence electrons. The van der Waals surface area contributed by atoms with Gasteiger partial charge in [-0.1, -0.05) is 19.1 Å². The van der Waals surface area contributed by atoms with Crippen molar-refractivity contribution < 1.29 is 9.18 Å². The van der Waals surface area contributed by atoms with Crippen LogP contribution in [0.25, 0.3) is 10.4 Å². The molecule has 0 radical (unpaired) electrons. The normalized spacial score (nSPS) is 18.3. The van der Waals surface area contributed by atoms with Crippen molar-refractivity contribution in [2.45, 2.75) is 13.5 Å². The van der Waals surface area contributed by atoms with Gasteiger partial charge in [-0.05, 0) is 48.8 Å². The standard InChI is InChI=1S/C21H26FN3OS.2ClH/c1-15(17-12-23-13-17)21(26)25-9-7-24(8-10-25)14-19-5-6-20(27-19)16-3-2-4-18(22)11-16;;/h2-6,11,15,17,23H,7-10,12-14H2,1H3;2*1H. The van der Waals surface area contributed by atoms with Gasteiger partial charge in [-0.25, -0.2) is 4.39 Å². The highest BCUT2D eigenvalue weighted by Gasteiger charge is 2.32. The first-order chi connectivity index (χ1) is 13.1. The molecule has 1 N–H and O–H groups in total. The van der Waals surface area contributed by atoms with E-state index in [4.69, 9.17) is 0 Å². The lowest BCUT2D eigenvalue weighted by atomic mass is 9.88. The maximum absolute atomic E-state index is 13.4. The Hall–Kier alpha value is -1.18. The first-order valence-electron chi connectivity index (χ1n) is 9.66. The summed E-state index contributed by atoms with van der Waals surface area (Å²) < 4.78 is 13.4. The molecule has 2 fully saturated rings. The molecular formula is C21H28Cl2FN3OS. The highest BCUT2D eigenvalue weighted by atomic mass is 35.5. The van der Waals surface area contributed by atoms with E-state index in [0.717, 1.165) is 56.3 Å². The number of carbonyl (C=O) groups is 1. The molecule has 4 rings (SSSR count).